The molecule has 1 aromatic heterocycles. The Bertz CT molecular complexity index is 171. The van der Waals surface area contributed by atoms with Gasteiger partial charge in [0.05, 0.1) is 0 Å². The molecule has 2 heteroatoms. The van der Waals surface area contributed by atoms with Gasteiger partial charge in [-0.1, -0.05) is 0 Å². The van der Waals surface area contributed by atoms with Crippen LogP contribution in [0, 0.1) is 13.8 Å². The van der Waals surface area contributed by atoms with Crippen LogP contribution in [0.3, 0.4) is 0 Å². The lowest BCUT2D eigenvalue weighted by molar-refractivity contribution is 1.53. The summed E-state index contributed by atoms with van der Waals surface area (Å²) < 4.78 is 0.947. The zero-order chi connectivity index (χ0) is 6.15. The highest BCUT2D eigenvalue weighted by molar-refractivity contribution is 7.20. The molecule has 0 aliphatic rings. The molecular weight excluding hydrogens is 115 g/mol. The lowest BCUT2D eigenvalue weighted by Gasteiger charge is -1.80. The Kier molecular flexibility index (Phi) is 1.43. The number of rotatable bonds is 0. The van der Waals surface area contributed by atoms with Gasteiger partial charge in [-0.25, -0.2) is 0 Å². The van der Waals surface area contributed by atoms with Gasteiger partial charge in [-0.3, -0.25) is 0 Å². The molecule has 0 saturated carbocycles. The molecule has 2 radical (unpaired) electrons. The van der Waals surface area contributed by atoms with Crippen molar-refractivity contribution in [3.63, 3.8) is 0 Å². The standard InChI is InChI=1S/C6H7BS/c1-4-3-5(2)8-6(4)7/h3H,1-2H3. The van der Waals surface area contributed by atoms with Crippen molar-refractivity contribution in [3.8, 4) is 0 Å². The van der Waals surface area contributed by atoms with Crippen LogP contribution in [0.5, 0.6) is 0 Å². The minimum atomic E-state index is 0.947. The van der Waals surface area contributed by atoms with Crippen molar-refractivity contribution in [2.75, 3.05) is 0 Å². The molecule has 0 nitrogen and oxygen atoms in total. The van der Waals surface area contributed by atoms with E-state index >= 15 is 0 Å². The molecule has 0 aliphatic heterocycles. The molecule has 0 spiro atoms. The van der Waals surface area contributed by atoms with Crippen LogP contribution < -0.4 is 4.78 Å². The Labute approximate surface area is 55.0 Å². The fourth-order valence-corrected chi connectivity index (χ4v) is 1.46. The topological polar surface area (TPSA) is 0 Å². The van der Waals surface area contributed by atoms with Crippen LogP contribution in [-0.2, 0) is 0 Å². The molecule has 1 aromatic rings. The molecule has 0 amide bonds. The molecule has 0 fully saturated rings. The molecule has 0 bridgehead atoms. The SMILES string of the molecule is [B]c1sc(C)cc1C. The summed E-state index contributed by atoms with van der Waals surface area (Å²) in [5, 5.41) is 0. The van der Waals surface area contributed by atoms with E-state index in [1.54, 1.807) is 11.3 Å². The summed E-state index contributed by atoms with van der Waals surface area (Å²) in [6, 6.07) is 2.10. The highest BCUT2D eigenvalue weighted by atomic mass is 32.1. The zero-order valence-electron chi connectivity index (χ0n) is 5.06. The number of thiophene rings is 1. The second kappa shape index (κ2) is 1.94. The van der Waals surface area contributed by atoms with Crippen molar-refractivity contribution in [3.05, 3.63) is 16.5 Å². The minimum Gasteiger partial charge on any atom is -0.157 e. The van der Waals surface area contributed by atoms with Crippen molar-refractivity contribution in [2.45, 2.75) is 13.8 Å². The summed E-state index contributed by atoms with van der Waals surface area (Å²) in [6.45, 7) is 4.09. The number of hydrogen-bond acceptors (Lipinski definition) is 1. The number of aryl methyl sites for hydroxylation is 2. The van der Waals surface area contributed by atoms with Crippen LogP contribution in [0.25, 0.3) is 0 Å². The Morgan fingerprint density at radius 1 is 1.50 bits per heavy atom. The van der Waals surface area contributed by atoms with Crippen LogP contribution in [0.15, 0.2) is 6.07 Å². The van der Waals surface area contributed by atoms with Crippen LogP contribution in [-0.4, -0.2) is 7.85 Å². The third-order valence-corrected chi connectivity index (χ3v) is 2.06. The Balaban J connectivity index is 3.14. The fraction of sp³-hybridized carbons (Fsp3) is 0.333. The van der Waals surface area contributed by atoms with Gasteiger partial charge >= 0.3 is 0 Å². The summed E-state index contributed by atoms with van der Waals surface area (Å²) in [6.07, 6.45) is 0. The van der Waals surface area contributed by atoms with Crippen molar-refractivity contribution in [1.82, 2.24) is 0 Å². The van der Waals surface area contributed by atoms with E-state index in [1.807, 2.05) is 6.92 Å². The average Bonchev–Trinajstić information content (AvgIpc) is 1.85. The van der Waals surface area contributed by atoms with Gasteiger partial charge in [-0.15, -0.1) is 0 Å². The molecule has 0 saturated heterocycles. The summed E-state index contributed by atoms with van der Waals surface area (Å²) >= 11 is 1.65. The van der Waals surface area contributed by atoms with Gasteiger partial charge in [0, 0.05) is 4.88 Å². The molecule has 40 valence electrons. The van der Waals surface area contributed by atoms with Crippen LogP contribution in [0.1, 0.15) is 10.4 Å². The maximum atomic E-state index is 5.56. The Hall–Kier alpha value is -0.235. The first-order valence-electron chi connectivity index (χ1n) is 2.52. The van der Waals surface area contributed by atoms with Gasteiger partial charge < -0.3 is 0 Å². The first kappa shape index (κ1) is 5.89. The van der Waals surface area contributed by atoms with Gasteiger partial charge in [0.15, 0.2) is 0 Å². The van der Waals surface area contributed by atoms with Gasteiger partial charge in [0.25, 0.3) is 0 Å². The normalized spacial score (nSPS) is 9.75. The molecule has 0 N–H and O–H groups in total. The van der Waals surface area contributed by atoms with E-state index < -0.39 is 0 Å². The van der Waals surface area contributed by atoms with Crippen molar-refractivity contribution >= 4 is 24.0 Å². The monoisotopic (exact) mass is 122 g/mol. The van der Waals surface area contributed by atoms with E-state index in [0.29, 0.717) is 0 Å². The highest BCUT2D eigenvalue weighted by Gasteiger charge is 1.93. The summed E-state index contributed by atoms with van der Waals surface area (Å²) in [4.78, 5) is 1.29. The molecular formula is C6H7BS. The van der Waals surface area contributed by atoms with Gasteiger partial charge in [0.1, 0.15) is 7.85 Å². The highest BCUT2D eigenvalue weighted by Crippen LogP contribution is 2.06. The number of hydrogen-bond donors (Lipinski definition) is 0. The molecule has 0 atom stereocenters. The van der Waals surface area contributed by atoms with Crippen molar-refractivity contribution in [1.29, 1.82) is 0 Å². The molecule has 1 heterocycles. The quantitative estimate of drug-likeness (QED) is 0.453. The summed E-state index contributed by atoms with van der Waals surface area (Å²) in [7, 11) is 5.56. The molecule has 0 unspecified atom stereocenters. The zero-order valence-corrected chi connectivity index (χ0v) is 5.88. The second-order valence-corrected chi connectivity index (χ2v) is 3.19. The summed E-state index contributed by atoms with van der Waals surface area (Å²) in [5.74, 6) is 0. The second-order valence-electron chi connectivity index (χ2n) is 1.90. The van der Waals surface area contributed by atoms with Crippen molar-refractivity contribution < 1.29 is 0 Å². The summed E-state index contributed by atoms with van der Waals surface area (Å²) in [5.41, 5.74) is 1.20. The van der Waals surface area contributed by atoms with E-state index in [0.717, 1.165) is 4.78 Å². The van der Waals surface area contributed by atoms with Gasteiger partial charge in [-0.2, -0.15) is 11.3 Å². The van der Waals surface area contributed by atoms with Crippen LogP contribution >= 0.6 is 11.3 Å². The predicted molar refractivity (Wildman–Crippen MR) is 39.2 cm³/mol. The fourth-order valence-electron chi connectivity index (χ4n) is 0.659. The van der Waals surface area contributed by atoms with Gasteiger partial charge in [0.2, 0.25) is 0 Å². The van der Waals surface area contributed by atoms with Gasteiger partial charge in [-0.05, 0) is 30.3 Å². The van der Waals surface area contributed by atoms with Crippen LogP contribution in [0.4, 0.5) is 0 Å². The molecule has 0 aromatic carbocycles. The third-order valence-electron chi connectivity index (χ3n) is 1.08. The van der Waals surface area contributed by atoms with E-state index in [2.05, 4.69) is 13.0 Å². The van der Waals surface area contributed by atoms with E-state index in [1.165, 1.54) is 10.4 Å². The Morgan fingerprint density at radius 3 is 2.25 bits per heavy atom. The van der Waals surface area contributed by atoms with Crippen LogP contribution in [0.2, 0.25) is 0 Å². The largest absolute Gasteiger partial charge is 0.157 e. The van der Waals surface area contributed by atoms with Crippen molar-refractivity contribution in [2.24, 2.45) is 0 Å². The van der Waals surface area contributed by atoms with E-state index in [-0.39, 0.29) is 0 Å². The lowest BCUT2D eigenvalue weighted by Crippen LogP contribution is -1.96. The Morgan fingerprint density at radius 2 is 2.12 bits per heavy atom. The molecule has 1 rings (SSSR count). The van der Waals surface area contributed by atoms with E-state index in [4.69, 9.17) is 7.85 Å². The first-order valence-corrected chi connectivity index (χ1v) is 3.34. The smallest absolute Gasteiger partial charge is 0.129 e. The average molecular weight is 122 g/mol. The molecule has 0 aliphatic carbocycles. The maximum absolute atomic E-state index is 5.56. The molecule has 8 heavy (non-hydrogen) atoms. The maximum Gasteiger partial charge on any atom is 0.129 e. The first-order chi connectivity index (χ1) is 3.70. The van der Waals surface area contributed by atoms with E-state index in [9.17, 15) is 0 Å². The lowest BCUT2D eigenvalue weighted by atomic mass is 10.0. The minimum absolute atomic E-state index is 0.947. The predicted octanol–water partition coefficient (Wildman–Crippen LogP) is 1.16. The third kappa shape index (κ3) is 0.946.